The van der Waals surface area contributed by atoms with Crippen molar-refractivity contribution in [2.24, 2.45) is 11.7 Å². The molecule has 1 aliphatic rings. The lowest BCUT2D eigenvalue weighted by atomic mass is 9.89. The van der Waals surface area contributed by atoms with Gasteiger partial charge in [0.1, 0.15) is 5.75 Å². The average Bonchev–Trinajstić information content (AvgIpc) is 3.38. The summed E-state index contributed by atoms with van der Waals surface area (Å²) in [5.41, 5.74) is 9.16. The molecule has 2 atom stereocenters. The predicted molar refractivity (Wildman–Crippen MR) is 110 cm³/mol. The van der Waals surface area contributed by atoms with Crippen molar-refractivity contribution in [1.82, 2.24) is 19.9 Å². The highest BCUT2D eigenvalue weighted by Crippen LogP contribution is 2.33. The van der Waals surface area contributed by atoms with Crippen LogP contribution in [0, 0.1) is 12.8 Å². The van der Waals surface area contributed by atoms with Crippen LogP contribution in [-0.2, 0) is 0 Å². The van der Waals surface area contributed by atoms with Crippen LogP contribution in [0.15, 0.2) is 54.6 Å². The third-order valence-corrected chi connectivity index (χ3v) is 5.67. The van der Waals surface area contributed by atoms with Gasteiger partial charge in [-0.25, -0.2) is 4.68 Å². The quantitative estimate of drug-likeness (QED) is 0.722. The molecule has 7 nitrogen and oxygen atoms in total. The number of nitrogens with two attached hydrogens (primary N) is 1. The van der Waals surface area contributed by atoms with Crippen LogP contribution in [-0.4, -0.2) is 52.5 Å². The monoisotopic (exact) mass is 391 g/mol. The summed E-state index contributed by atoms with van der Waals surface area (Å²) >= 11 is 0. The lowest BCUT2D eigenvalue weighted by molar-refractivity contribution is 0.0779. The maximum Gasteiger partial charge on any atom is 0.276 e. The van der Waals surface area contributed by atoms with E-state index >= 15 is 0 Å². The number of hydrogen-bond donors (Lipinski definition) is 1. The molecule has 1 aromatic heterocycles. The molecule has 3 aromatic rings. The molecule has 2 aromatic carbocycles. The molecule has 1 amide bonds. The summed E-state index contributed by atoms with van der Waals surface area (Å²) in [6.07, 6.45) is 0. The Hall–Kier alpha value is -3.19. The first-order chi connectivity index (χ1) is 14.1. The third-order valence-electron chi connectivity index (χ3n) is 5.67. The van der Waals surface area contributed by atoms with Gasteiger partial charge < -0.3 is 15.4 Å². The molecule has 0 saturated carbocycles. The van der Waals surface area contributed by atoms with Crippen molar-refractivity contribution in [2.45, 2.75) is 12.8 Å². The van der Waals surface area contributed by atoms with Crippen molar-refractivity contribution < 1.29 is 9.53 Å². The van der Waals surface area contributed by atoms with E-state index in [1.807, 2.05) is 54.3 Å². The first-order valence-corrected chi connectivity index (χ1v) is 9.73. The molecule has 29 heavy (non-hydrogen) atoms. The van der Waals surface area contributed by atoms with Gasteiger partial charge in [0, 0.05) is 19.0 Å². The lowest BCUT2D eigenvalue weighted by Gasteiger charge is -2.16. The van der Waals surface area contributed by atoms with Crippen LogP contribution in [0.25, 0.3) is 5.69 Å². The highest BCUT2D eigenvalue weighted by atomic mass is 16.5. The second-order valence-corrected chi connectivity index (χ2v) is 7.36. The smallest absolute Gasteiger partial charge is 0.276 e. The number of rotatable bonds is 5. The van der Waals surface area contributed by atoms with Gasteiger partial charge in [0.15, 0.2) is 5.69 Å². The van der Waals surface area contributed by atoms with Crippen molar-refractivity contribution in [3.8, 4) is 11.4 Å². The number of nitrogens with zero attached hydrogens (tertiary/aromatic N) is 4. The topological polar surface area (TPSA) is 86.3 Å². The fraction of sp³-hybridized carbons (Fsp3) is 0.318. The normalized spacial score (nSPS) is 18.8. The van der Waals surface area contributed by atoms with E-state index in [4.69, 9.17) is 10.5 Å². The minimum Gasteiger partial charge on any atom is -0.497 e. The molecule has 0 bridgehead atoms. The van der Waals surface area contributed by atoms with E-state index in [2.05, 4.69) is 22.4 Å². The molecule has 0 spiro atoms. The molecule has 150 valence electrons. The standard InChI is InChI=1S/C22H25N5O2/c1-15-21(24-25-27(15)18-8-10-19(29-2)11-9-18)22(28)26-13-17(12-23)20(14-26)16-6-4-3-5-7-16/h3-11,17,20H,12-14,23H2,1-2H3/t17-,20+/m1/s1. The van der Waals surface area contributed by atoms with Gasteiger partial charge >= 0.3 is 0 Å². The van der Waals surface area contributed by atoms with Crippen molar-refractivity contribution >= 4 is 5.91 Å². The molecule has 0 radical (unpaired) electrons. The van der Waals surface area contributed by atoms with Crippen LogP contribution in [0.2, 0.25) is 0 Å². The first-order valence-electron chi connectivity index (χ1n) is 9.73. The summed E-state index contributed by atoms with van der Waals surface area (Å²) in [6.45, 7) is 3.67. The predicted octanol–water partition coefficient (Wildman–Crippen LogP) is 2.40. The number of amides is 1. The van der Waals surface area contributed by atoms with Crippen molar-refractivity contribution in [3.63, 3.8) is 0 Å². The maximum absolute atomic E-state index is 13.2. The van der Waals surface area contributed by atoms with Gasteiger partial charge in [-0.15, -0.1) is 5.10 Å². The van der Waals surface area contributed by atoms with Gasteiger partial charge in [-0.2, -0.15) is 0 Å². The fourth-order valence-corrected chi connectivity index (χ4v) is 4.00. The zero-order valence-corrected chi connectivity index (χ0v) is 16.7. The highest BCUT2D eigenvalue weighted by Gasteiger charge is 2.37. The summed E-state index contributed by atoms with van der Waals surface area (Å²) < 4.78 is 6.88. The number of aromatic nitrogens is 3. The Kier molecular flexibility index (Phi) is 5.31. The van der Waals surface area contributed by atoms with E-state index in [9.17, 15) is 4.79 Å². The van der Waals surface area contributed by atoms with Gasteiger partial charge in [-0.05, 0) is 49.2 Å². The average molecular weight is 391 g/mol. The Morgan fingerprint density at radius 2 is 1.86 bits per heavy atom. The first kappa shape index (κ1) is 19.1. The summed E-state index contributed by atoms with van der Waals surface area (Å²) in [5.74, 6) is 1.14. The van der Waals surface area contributed by atoms with Crippen LogP contribution in [0.4, 0.5) is 0 Å². The summed E-state index contributed by atoms with van der Waals surface area (Å²) in [7, 11) is 1.62. The molecule has 2 heterocycles. The lowest BCUT2D eigenvalue weighted by Crippen LogP contribution is -2.30. The number of methoxy groups -OCH3 is 1. The van der Waals surface area contributed by atoms with E-state index in [0.717, 1.165) is 11.4 Å². The Labute approximate surface area is 170 Å². The van der Waals surface area contributed by atoms with Crippen LogP contribution < -0.4 is 10.5 Å². The SMILES string of the molecule is COc1ccc(-n2nnc(C(=O)N3C[C@@H](CN)[C@H](c4ccccc4)C3)c2C)cc1. The Morgan fingerprint density at radius 3 is 2.52 bits per heavy atom. The fourth-order valence-electron chi connectivity index (χ4n) is 4.00. The van der Waals surface area contributed by atoms with Gasteiger partial charge in [0.25, 0.3) is 5.91 Å². The molecule has 4 rings (SSSR count). The Bertz CT molecular complexity index is 984. The largest absolute Gasteiger partial charge is 0.497 e. The Balaban J connectivity index is 1.56. The number of ether oxygens (including phenoxy) is 1. The van der Waals surface area contributed by atoms with E-state index in [1.54, 1.807) is 11.8 Å². The van der Waals surface area contributed by atoms with Crippen molar-refractivity contribution in [1.29, 1.82) is 0 Å². The van der Waals surface area contributed by atoms with E-state index < -0.39 is 0 Å². The molecule has 2 N–H and O–H groups in total. The van der Waals surface area contributed by atoms with Gasteiger partial charge in [0.05, 0.1) is 18.5 Å². The van der Waals surface area contributed by atoms with Crippen LogP contribution in [0.1, 0.15) is 27.7 Å². The van der Waals surface area contributed by atoms with E-state index in [-0.39, 0.29) is 17.7 Å². The molecule has 0 unspecified atom stereocenters. The van der Waals surface area contributed by atoms with Gasteiger partial charge in [-0.3, -0.25) is 4.79 Å². The third kappa shape index (κ3) is 3.61. The molecule has 1 aliphatic heterocycles. The summed E-state index contributed by atoms with van der Waals surface area (Å²) in [4.78, 5) is 15.1. The number of carbonyl (C=O) groups excluding carboxylic acids is 1. The molecule has 1 saturated heterocycles. The van der Waals surface area contributed by atoms with Crippen LogP contribution >= 0.6 is 0 Å². The molecule has 7 heteroatoms. The molecular weight excluding hydrogens is 366 g/mol. The molecular formula is C22H25N5O2. The zero-order valence-electron chi connectivity index (χ0n) is 16.7. The highest BCUT2D eigenvalue weighted by molar-refractivity contribution is 5.93. The second-order valence-electron chi connectivity index (χ2n) is 7.36. The number of likely N-dealkylation sites (tertiary alicyclic amines) is 1. The van der Waals surface area contributed by atoms with Crippen LogP contribution in [0.3, 0.4) is 0 Å². The van der Waals surface area contributed by atoms with Gasteiger partial charge in [-0.1, -0.05) is 35.5 Å². The molecule has 0 aliphatic carbocycles. The number of benzene rings is 2. The summed E-state index contributed by atoms with van der Waals surface area (Å²) in [6, 6.07) is 17.7. The van der Waals surface area contributed by atoms with Crippen LogP contribution in [0.5, 0.6) is 5.75 Å². The second kappa shape index (κ2) is 8.05. The van der Waals surface area contributed by atoms with E-state index in [1.165, 1.54) is 5.56 Å². The zero-order chi connectivity index (χ0) is 20.4. The van der Waals surface area contributed by atoms with E-state index in [0.29, 0.717) is 31.0 Å². The van der Waals surface area contributed by atoms with Crippen molar-refractivity contribution in [3.05, 3.63) is 71.5 Å². The number of hydrogen-bond acceptors (Lipinski definition) is 5. The molecule has 1 fully saturated rings. The minimum atomic E-state index is -0.0980. The minimum absolute atomic E-state index is 0.0980. The number of carbonyl (C=O) groups is 1. The van der Waals surface area contributed by atoms with Gasteiger partial charge in [0.2, 0.25) is 0 Å². The Morgan fingerprint density at radius 1 is 1.14 bits per heavy atom. The van der Waals surface area contributed by atoms with Crippen molar-refractivity contribution in [2.75, 3.05) is 26.7 Å². The summed E-state index contributed by atoms with van der Waals surface area (Å²) in [5, 5.41) is 8.39. The maximum atomic E-state index is 13.2.